The van der Waals surface area contributed by atoms with E-state index in [0.29, 0.717) is 12.3 Å². The zero-order valence-electron chi connectivity index (χ0n) is 12.3. The Labute approximate surface area is 119 Å². The number of hydrogen-bond acceptors (Lipinski definition) is 2. The van der Waals surface area contributed by atoms with Gasteiger partial charge in [-0.2, -0.15) is 0 Å². The Balaban J connectivity index is 2.20. The molecule has 0 aromatic heterocycles. The van der Waals surface area contributed by atoms with E-state index >= 15 is 0 Å². The number of fused-ring (bicyclic) bond motifs is 1. The standard InChI is InChI=1S/C17H21NO2/c1-12(2)8-9-17(19)18-14-10-13-6-4-5-7-15(13)16(11-14)20-3/h4-7,10-12H,8-9H2,1-3H3,(H,18,19). The van der Waals surface area contributed by atoms with E-state index in [-0.39, 0.29) is 5.91 Å². The topological polar surface area (TPSA) is 38.3 Å². The average molecular weight is 271 g/mol. The van der Waals surface area contributed by atoms with Crippen LogP contribution in [0, 0.1) is 5.92 Å². The normalized spacial score (nSPS) is 10.8. The minimum absolute atomic E-state index is 0.0519. The molecule has 3 heteroatoms. The second-order valence-electron chi connectivity index (χ2n) is 5.38. The first-order valence-electron chi connectivity index (χ1n) is 6.97. The summed E-state index contributed by atoms with van der Waals surface area (Å²) >= 11 is 0. The summed E-state index contributed by atoms with van der Waals surface area (Å²) in [4.78, 5) is 11.9. The highest BCUT2D eigenvalue weighted by Crippen LogP contribution is 2.29. The van der Waals surface area contributed by atoms with Crippen molar-refractivity contribution >= 4 is 22.4 Å². The molecule has 0 atom stereocenters. The summed E-state index contributed by atoms with van der Waals surface area (Å²) < 4.78 is 5.40. The maximum atomic E-state index is 11.9. The summed E-state index contributed by atoms with van der Waals surface area (Å²) in [6, 6.07) is 11.8. The molecular formula is C17H21NO2. The highest BCUT2D eigenvalue weighted by molar-refractivity contribution is 5.97. The SMILES string of the molecule is COc1cc(NC(=O)CCC(C)C)cc2ccccc12. The molecule has 0 bridgehead atoms. The highest BCUT2D eigenvalue weighted by atomic mass is 16.5. The highest BCUT2D eigenvalue weighted by Gasteiger charge is 2.08. The number of amides is 1. The lowest BCUT2D eigenvalue weighted by Gasteiger charge is -2.11. The van der Waals surface area contributed by atoms with Crippen LogP contribution in [-0.4, -0.2) is 13.0 Å². The Morgan fingerprint density at radius 1 is 1.25 bits per heavy atom. The van der Waals surface area contributed by atoms with Gasteiger partial charge in [0.2, 0.25) is 5.91 Å². The van der Waals surface area contributed by atoms with Gasteiger partial charge in [0, 0.05) is 23.6 Å². The van der Waals surface area contributed by atoms with Crippen molar-refractivity contribution < 1.29 is 9.53 Å². The van der Waals surface area contributed by atoms with Gasteiger partial charge < -0.3 is 10.1 Å². The third-order valence-corrected chi connectivity index (χ3v) is 3.28. The first kappa shape index (κ1) is 14.4. The van der Waals surface area contributed by atoms with Crippen molar-refractivity contribution in [1.29, 1.82) is 0 Å². The maximum Gasteiger partial charge on any atom is 0.224 e. The number of benzene rings is 2. The fraction of sp³-hybridized carbons (Fsp3) is 0.353. The lowest BCUT2D eigenvalue weighted by Crippen LogP contribution is -2.12. The van der Waals surface area contributed by atoms with Crippen molar-refractivity contribution in [2.45, 2.75) is 26.7 Å². The van der Waals surface area contributed by atoms with E-state index in [1.54, 1.807) is 7.11 Å². The van der Waals surface area contributed by atoms with Gasteiger partial charge in [-0.05, 0) is 23.8 Å². The molecule has 0 radical (unpaired) electrons. The van der Waals surface area contributed by atoms with E-state index < -0.39 is 0 Å². The third-order valence-electron chi connectivity index (χ3n) is 3.28. The molecule has 0 aliphatic heterocycles. The van der Waals surface area contributed by atoms with Gasteiger partial charge in [0.05, 0.1) is 7.11 Å². The molecule has 20 heavy (non-hydrogen) atoms. The van der Waals surface area contributed by atoms with Crippen molar-refractivity contribution in [1.82, 2.24) is 0 Å². The van der Waals surface area contributed by atoms with Crippen LogP contribution < -0.4 is 10.1 Å². The molecule has 2 rings (SSSR count). The molecule has 3 nitrogen and oxygen atoms in total. The minimum Gasteiger partial charge on any atom is -0.496 e. The van der Waals surface area contributed by atoms with Crippen LogP contribution in [0.4, 0.5) is 5.69 Å². The first-order valence-corrected chi connectivity index (χ1v) is 6.97. The largest absolute Gasteiger partial charge is 0.496 e. The molecule has 0 spiro atoms. The van der Waals surface area contributed by atoms with Crippen molar-refractivity contribution in [3.05, 3.63) is 36.4 Å². The minimum atomic E-state index is 0.0519. The van der Waals surface area contributed by atoms with Gasteiger partial charge in [-0.15, -0.1) is 0 Å². The maximum absolute atomic E-state index is 11.9. The second kappa shape index (κ2) is 6.42. The fourth-order valence-corrected chi connectivity index (χ4v) is 2.16. The van der Waals surface area contributed by atoms with Gasteiger partial charge >= 0.3 is 0 Å². The van der Waals surface area contributed by atoms with E-state index in [0.717, 1.165) is 28.6 Å². The molecule has 0 heterocycles. The third kappa shape index (κ3) is 3.50. The number of hydrogen-bond donors (Lipinski definition) is 1. The van der Waals surface area contributed by atoms with E-state index in [1.807, 2.05) is 36.4 Å². The summed E-state index contributed by atoms with van der Waals surface area (Å²) in [7, 11) is 1.64. The second-order valence-corrected chi connectivity index (χ2v) is 5.38. The summed E-state index contributed by atoms with van der Waals surface area (Å²) in [5.41, 5.74) is 0.786. The lowest BCUT2D eigenvalue weighted by molar-refractivity contribution is -0.116. The molecule has 1 amide bonds. The van der Waals surface area contributed by atoms with Crippen LogP contribution >= 0.6 is 0 Å². The Bertz CT molecular complexity index is 605. The predicted octanol–water partition coefficient (Wildman–Crippen LogP) is 4.22. The average Bonchev–Trinajstić information content (AvgIpc) is 2.44. The molecule has 0 saturated heterocycles. The van der Waals surface area contributed by atoms with Crippen molar-refractivity contribution in [2.75, 3.05) is 12.4 Å². The number of nitrogens with one attached hydrogen (secondary N) is 1. The van der Waals surface area contributed by atoms with Crippen LogP contribution in [0.25, 0.3) is 10.8 Å². The van der Waals surface area contributed by atoms with Gasteiger partial charge in [0.15, 0.2) is 0 Å². The number of methoxy groups -OCH3 is 1. The zero-order valence-corrected chi connectivity index (χ0v) is 12.3. The van der Waals surface area contributed by atoms with Crippen molar-refractivity contribution in [3.63, 3.8) is 0 Å². The smallest absolute Gasteiger partial charge is 0.224 e. The molecule has 0 unspecified atom stereocenters. The molecular weight excluding hydrogens is 250 g/mol. The summed E-state index contributed by atoms with van der Waals surface area (Å²) in [6.45, 7) is 4.23. The van der Waals surface area contributed by atoms with Crippen LogP contribution in [0.2, 0.25) is 0 Å². The van der Waals surface area contributed by atoms with Gasteiger partial charge in [-0.1, -0.05) is 38.1 Å². The van der Waals surface area contributed by atoms with Crippen LogP contribution in [0.3, 0.4) is 0 Å². The Hall–Kier alpha value is -2.03. The Kier molecular flexibility index (Phi) is 4.61. The molecule has 0 aliphatic carbocycles. The lowest BCUT2D eigenvalue weighted by atomic mass is 10.1. The quantitative estimate of drug-likeness (QED) is 0.884. The molecule has 0 saturated carbocycles. The van der Waals surface area contributed by atoms with Crippen LogP contribution in [0.1, 0.15) is 26.7 Å². The van der Waals surface area contributed by atoms with Gasteiger partial charge in [0.1, 0.15) is 5.75 Å². The Morgan fingerprint density at radius 2 is 2.00 bits per heavy atom. The van der Waals surface area contributed by atoms with E-state index in [2.05, 4.69) is 19.2 Å². The summed E-state index contributed by atoms with van der Waals surface area (Å²) in [5.74, 6) is 1.37. The Morgan fingerprint density at radius 3 is 2.70 bits per heavy atom. The number of anilines is 1. The van der Waals surface area contributed by atoms with Gasteiger partial charge in [0.25, 0.3) is 0 Å². The number of ether oxygens (including phenoxy) is 1. The monoisotopic (exact) mass is 271 g/mol. The number of carbonyl (C=O) groups is 1. The van der Waals surface area contributed by atoms with Gasteiger partial charge in [-0.25, -0.2) is 0 Å². The summed E-state index contributed by atoms with van der Waals surface area (Å²) in [6.07, 6.45) is 1.45. The molecule has 2 aromatic rings. The molecule has 0 fully saturated rings. The number of rotatable bonds is 5. The summed E-state index contributed by atoms with van der Waals surface area (Å²) in [5, 5.41) is 5.06. The van der Waals surface area contributed by atoms with E-state index in [9.17, 15) is 4.79 Å². The van der Waals surface area contributed by atoms with Crippen LogP contribution in [0.15, 0.2) is 36.4 Å². The van der Waals surface area contributed by atoms with Gasteiger partial charge in [-0.3, -0.25) is 4.79 Å². The fourth-order valence-electron chi connectivity index (χ4n) is 2.16. The molecule has 2 aromatic carbocycles. The van der Waals surface area contributed by atoms with Crippen LogP contribution in [0.5, 0.6) is 5.75 Å². The molecule has 106 valence electrons. The van der Waals surface area contributed by atoms with E-state index in [4.69, 9.17) is 4.74 Å². The molecule has 0 aliphatic rings. The molecule has 1 N–H and O–H groups in total. The number of carbonyl (C=O) groups excluding carboxylic acids is 1. The zero-order chi connectivity index (χ0) is 14.5. The first-order chi connectivity index (χ1) is 9.60. The van der Waals surface area contributed by atoms with Crippen LogP contribution in [-0.2, 0) is 4.79 Å². The predicted molar refractivity (Wildman–Crippen MR) is 83.2 cm³/mol. The van der Waals surface area contributed by atoms with Crippen molar-refractivity contribution in [3.8, 4) is 5.75 Å². The van der Waals surface area contributed by atoms with E-state index in [1.165, 1.54) is 0 Å². The van der Waals surface area contributed by atoms with Crippen molar-refractivity contribution in [2.24, 2.45) is 5.92 Å².